The Labute approximate surface area is 98.0 Å². The first kappa shape index (κ1) is 12.0. The molecule has 3 N–H and O–H groups in total. The number of nitrogens with one attached hydrogen (secondary N) is 1. The zero-order valence-corrected chi connectivity index (χ0v) is 9.30. The van der Waals surface area contributed by atoms with Crippen molar-refractivity contribution in [1.82, 2.24) is 0 Å². The monoisotopic (exact) mass is 240 g/mol. The summed E-state index contributed by atoms with van der Waals surface area (Å²) in [4.78, 5) is 11.6. The first-order valence-corrected chi connectivity index (χ1v) is 5.53. The maximum absolute atomic E-state index is 13.3. The summed E-state index contributed by atoms with van der Waals surface area (Å²) in [5.74, 6) is -2.40. The minimum absolute atomic E-state index is 0.141. The van der Waals surface area contributed by atoms with Crippen molar-refractivity contribution >= 4 is 11.6 Å². The van der Waals surface area contributed by atoms with E-state index in [1.807, 2.05) is 0 Å². The summed E-state index contributed by atoms with van der Waals surface area (Å²) in [5, 5.41) is 2.34. The van der Waals surface area contributed by atoms with Gasteiger partial charge in [-0.1, -0.05) is 6.07 Å². The highest BCUT2D eigenvalue weighted by atomic mass is 19.2. The number of halogens is 2. The van der Waals surface area contributed by atoms with E-state index in [-0.39, 0.29) is 18.0 Å². The highest BCUT2D eigenvalue weighted by Gasteiger charge is 2.34. The van der Waals surface area contributed by atoms with Crippen molar-refractivity contribution in [1.29, 1.82) is 0 Å². The van der Waals surface area contributed by atoms with Gasteiger partial charge in [-0.3, -0.25) is 4.79 Å². The number of carbonyl (C=O) groups is 1. The zero-order chi connectivity index (χ0) is 12.5. The quantitative estimate of drug-likeness (QED) is 0.850. The van der Waals surface area contributed by atoms with Gasteiger partial charge in [0.25, 0.3) is 0 Å². The second-order valence-corrected chi connectivity index (χ2v) is 4.54. The second kappa shape index (κ2) is 4.41. The molecule has 1 aromatic rings. The molecule has 1 saturated carbocycles. The van der Waals surface area contributed by atoms with Gasteiger partial charge >= 0.3 is 0 Å². The molecule has 0 radical (unpaired) electrons. The average molecular weight is 240 g/mol. The minimum atomic E-state index is -1.04. The molecule has 1 amide bonds. The van der Waals surface area contributed by atoms with Crippen molar-refractivity contribution in [3.8, 4) is 0 Å². The molecule has 2 rings (SSSR count). The summed E-state index contributed by atoms with van der Waals surface area (Å²) >= 11 is 0. The average Bonchev–Trinajstić information content (AvgIpc) is 2.22. The lowest BCUT2D eigenvalue weighted by Gasteiger charge is -2.37. The Morgan fingerprint density at radius 1 is 1.41 bits per heavy atom. The van der Waals surface area contributed by atoms with E-state index in [4.69, 9.17) is 5.73 Å². The van der Waals surface area contributed by atoms with Crippen LogP contribution in [0.25, 0.3) is 0 Å². The predicted molar refractivity (Wildman–Crippen MR) is 60.4 cm³/mol. The Morgan fingerprint density at radius 3 is 2.71 bits per heavy atom. The normalized spacial score (nSPS) is 17.4. The highest BCUT2D eigenvalue weighted by molar-refractivity contribution is 5.91. The standard InChI is InChI=1S/C12H14F2N2O/c13-8-3-1-4-9(11(8)14)16-10(17)7-12(15)5-2-6-12/h1,3-4H,2,5-7,15H2,(H,16,17). The molecule has 0 spiro atoms. The van der Waals surface area contributed by atoms with Crippen molar-refractivity contribution < 1.29 is 13.6 Å². The Kier molecular flexibility index (Phi) is 3.11. The van der Waals surface area contributed by atoms with Crippen LogP contribution in [0.15, 0.2) is 18.2 Å². The Balaban J connectivity index is 2.00. The van der Waals surface area contributed by atoms with Crippen molar-refractivity contribution in [3.05, 3.63) is 29.8 Å². The molecule has 1 aliphatic carbocycles. The molecule has 0 aliphatic heterocycles. The van der Waals surface area contributed by atoms with Gasteiger partial charge in [0.2, 0.25) is 5.91 Å². The molecule has 0 unspecified atom stereocenters. The van der Waals surface area contributed by atoms with Crippen molar-refractivity contribution in [2.45, 2.75) is 31.2 Å². The maximum Gasteiger partial charge on any atom is 0.226 e. The molecule has 0 aromatic heterocycles. The zero-order valence-electron chi connectivity index (χ0n) is 9.30. The lowest BCUT2D eigenvalue weighted by molar-refractivity contribution is -0.118. The van der Waals surface area contributed by atoms with Crippen LogP contribution < -0.4 is 11.1 Å². The Morgan fingerprint density at radius 2 is 2.12 bits per heavy atom. The molecular formula is C12H14F2N2O. The molecule has 92 valence electrons. The van der Waals surface area contributed by atoms with Gasteiger partial charge in [0.1, 0.15) is 0 Å². The van der Waals surface area contributed by atoms with E-state index in [1.165, 1.54) is 12.1 Å². The third-order valence-electron chi connectivity index (χ3n) is 3.09. The highest BCUT2D eigenvalue weighted by Crippen LogP contribution is 2.32. The fourth-order valence-electron chi connectivity index (χ4n) is 1.92. The smallest absolute Gasteiger partial charge is 0.226 e. The molecule has 1 fully saturated rings. The number of benzene rings is 1. The van der Waals surface area contributed by atoms with Gasteiger partial charge in [-0.2, -0.15) is 0 Å². The molecule has 0 bridgehead atoms. The second-order valence-electron chi connectivity index (χ2n) is 4.54. The van der Waals surface area contributed by atoms with Crippen LogP contribution in [0.1, 0.15) is 25.7 Å². The van der Waals surface area contributed by atoms with E-state index in [9.17, 15) is 13.6 Å². The third kappa shape index (κ3) is 2.61. The van der Waals surface area contributed by atoms with Crippen molar-refractivity contribution in [3.63, 3.8) is 0 Å². The number of hydrogen-bond donors (Lipinski definition) is 2. The fraction of sp³-hybridized carbons (Fsp3) is 0.417. The number of hydrogen-bond acceptors (Lipinski definition) is 2. The molecule has 1 aromatic carbocycles. The van der Waals surface area contributed by atoms with Crippen LogP contribution in [-0.4, -0.2) is 11.4 Å². The summed E-state index contributed by atoms with van der Waals surface area (Å²) in [6, 6.07) is 3.66. The largest absolute Gasteiger partial charge is 0.325 e. The van der Waals surface area contributed by atoms with E-state index in [0.29, 0.717) is 0 Å². The topological polar surface area (TPSA) is 55.1 Å². The number of amides is 1. The lowest BCUT2D eigenvalue weighted by Crippen LogP contribution is -2.49. The molecular weight excluding hydrogens is 226 g/mol. The third-order valence-corrected chi connectivity index (χ3v) is 3.09. The number of carbonyl (C=O) groups excluding carboxylic acids is 1. The predicted octanol–water partition coefficient (Wildman–Crippen LogP) is 2.17. The summed E-state index contributed by atoms with van der Waals surface area (Å²) in [7, 11) is 0. The molecule has 0 heterocycles. The van der Waals surface area contributed by atoms with Crippen LogP contribution in [0.2, 0.25) is 0 Å². The van der Waals surface area contributed by atoms with E-state index in [2.05, 4.69) is 5.32 Å². The molecule has 5 heteroatoms. The Hall–Kier alpha value is -1.49. The van der Waals surface area contributed by atoms with Gasteiger partial charge < -0.3 is 11.1 Å². The van der Waals surface area contributed by atoms with Gasteiger partial charge in [0, 0.05) is 12.0 Å². The summed E-state index contributed by atoms with van der Waals surface area (Å²) < 4.78 is 26.2. The van der Waals surface area contributed by atoms with Crippen LogP contribution in [0.3, 0.4) is 0 Å². The molecule has 0 saturated heterocycles. The van der Waals surface area contributed by atoms with E-state index < -0.39 is 17.2 Å². The maximum atomic E-state index is 13.3. The summed E-state index contributed by atoms with van der Waals surface area (Å²) in [6.45, 7) is 0. The van der Waals surface area contributed by atoms with Gasteiger partial charge in [0.05, 0.1) is 5.69 Å². The SMILES string of the molecule is NC1(CC(=O)Nc2cccc(F)c2F)CCC1. The lowest BCUT2D eigenvalue weighted by atomic mass is 9.75. The van der Waals surface area contributed by atoms with E-state index in [0.717, 1.165) is 25.3 Å². The number of anilines is 1. The fourth-order valence-corrected chi connectivity index (χ4v) is 1.92. The van der Waals surface area contributed by atoms with Crippen molar-refractivity contribution in [2.24, 2.45) is 5.73 Å². The van der Waals surface area contributed by atoms with E-state index in [1.54, 1.807) is 0 Å². The van der Waals surface area contributed by atoms with Crippen LogP contribution >= 0.6 is 0 Å². The van der Waals surface area contributed by atoms with Gasteiger partial charge in [-0.25, -0.2) is 8.78 Å². The van der Waals surface area contributed by atoms with Crippen LogP contribution in [-0.2, 0) is 4.79 Å². The minimum Gasteiger partial charge on any atom is -0.325 e. The molecule has 1 aliphatic rings. The van der Waals surface area contributed by atoms with Crippen LogP contribution in [0.5, 0.6) is 0 Å². The first-order chi connectivity index (χ1) is 8.00. The first-order valence-electron chi connectivity index (χ1n) is 5.53. The number of rotatable bonds is 3. The van der Waals surface area contributed by atoms with Crippen LogP contribution in [0, 0.1) is 11.6 Å². The van der Waals surface area contributed by atoms with E-state index >= 15 is 0 Å². The van der Waals surface area contributed by atoms with Gasteiger partial charge in [-0.15, -0.1) is 0 Å². The summed E-state index contributed by atoms with van der Waals surface area (Å²) in [6.07, 6.45) is 2.75. The van der Waals surface area contributed by atoms with Gasteiger partial charge in [0.15, 0.2) is 11.6 Å². The molecule has 0 atom stereocenters. The number of nitrogens with two attached hydrogens (primary N) is 1. The molecule has 17 heavy (non-hydrogen) atoms. The molecule has 3 nitrogen and oxygen atoms in total. The van der Waals surface area contributed by atoms with Crippen molar-refractivity contribution in [2.75, 3.05) is 5.32 Å². The Bertz CT molecular complexity index is 444. The van der Waals surface area contributed by atoms with Crippen LogP contribution in [0.4, 0.5) is 14.5 Å². The summed E-state index contributed by atoms with van der Waals surface area (Å²) in [5.41, 5.74) is 5.29. The van der Waals surface area contributed by atoms with Gasteiger partial charge in [-0.05, 0) is 31.4 Å².